The fraction of sp³-hybridized carbons (Fsp3) is 0.538. The van der Waals surface area contributed by atoms with Gasteiger partial charge in [0.2, 0.25) is 0 Å². The summed E-state index contributed by atoms with van der Waals surface area (Å²) in [6, 6.07) is 6.44. The largest absolute Gasteiger partial charge is 0.467 e. The number of ether oxygens (including phenoxy) is 2. The summed E-state index contributed by atoms with van der Waals surface area (Å²) in [6.07, 6.45) is 2.36. The van der Waals surface area contributed by atoms with E-state index in [2.05, 4.69) is 19.1 Å². The fourth-order valence-corrected chi connectivity index (χ4v) is 2.67. The number of benzene rings is 1. The van der Waals surface area contributed by atoms with Crippen LogP contribution in [0.1, 0.15) is 30.9 Å². The Morgan fingerprint density at radius 3 is 2.88 bits per heavy atom. The number of hydrogen-bond donors (Lipinski definition) is 1. The smallest absolute Gasteiger partial charge is 0.189 e. The maximum Gasteiger partial charge on any atom is 0.189 e. The van der Waals surface area contributed by atoms with Gasteiger partial charge in [-0.15, -0.1) is 0 Å². The standard InChI is InChI=1S/C13H17NO2/c1-9(14)13(5-6-13)11-3-2-4-12-10(11)7-15-8-16-12/h2-4,9H,5-8,14H2,1H3. The summed E-state index contributed by atoms with van der Waals surface area (Å²) in [7, 11) is 0. The van der Waals surface area contributed by atoms with Gasteiger partial charge in [-0.2, -0.15) is 0 Å². The predicted molar refractivity (Wildman–Crippen MR) is 61.3 cm³/mol. The molecule has 2 N–H and O–H groups in total. The van der Waals surface area contributed by atoms with Crippen molar-refractivity contribution < 1.29 is 9.47 Å². The van der Waals surface area contributed by atoms with Gasteiger partial charge >= 0.3 is 0 Å². The van der Waals surface area contributed by atoms with Crippen molar-refractivity contribution in [3.8, 4) is 5.75 Å². The van der Waals surface area contributed by atoms with Crippen LogP contribution in [0.25, 0.3) is 0 Å². The molecule has 3 heteroatoms. The molecule has 1 aliphatic heterocycles. The molecule has 0 radical (unpaired) electrons. The summed E-state index contributed by atoms with van der Waals surface area (Å²) in [5, 5.41) is 0. The van der Waals surface area contributed by atoms with E-state index in [1.165, 1.54) is 24.0 Å². The lowest BCUT2D eigenvalue weighted by atomic mass is 9.86. The molecule has 0 saturated heterocycles. The van der Waals surface area contributed by atoms with Crippen LogP contribution < -0.4 is 10.5 Å². The van der Waals surface area contributed by atoms with Crippen molar-refractivity contribution >= 4 is 0 Å². The molecule has 1 aromatic rings. The van der Waals surface area contributed by atoms with E-state index < -0.39 is 0 Å². The van der Waals surface area contributed by atoms with Crippen molar-refractivity contribution in [2.75, 3.05) is 6.79 Å². The quantitative estimate of drug-likeness (QED) is 0.826. The van der Waals surface area contributed by atoms with Crippen LogP contribution in [0.5, 0.6) is 5.75 Å². The van der Waals surface area contributed by atoms with Gasteiger partial charge in [0.25, 0.3) is 0 Å². The zero-order chi connectivity index (χ0) is 11.2. The Morgan fingerprint density at radius 1 is 1.38 bits per heavy atom. The van der Waals surface area contributed by atoms with Gasteiger partial charge in [0.15, 0.2) is 6.79 Å². The van der Waals surface area contributed by atoms with Crippen LogP contribution in [-0.4, -0.2) is 12.8 Å². The minimum Gasteiger partial charge on any atom is -0.467 e. The molecule has 1 atom stereocenters. The van der Waals surface area contributed by atoms with E-state index in [4.69, 9.17) is 15.2 Å². The third-order valence-corrected chi connectivity index (χ3v) is 3.87. The molecule has 3 nitrogen and oxygen atoms in total. The fourth-order valence-electron chi connectivity index (χ4n) is 2.67. The van der Waals surface area contributed by atoms with Crippen LogP contribution in [0, 0.1) is 0 Å². The second-order valence-electron chi connectivity index (χ2n) is 4.84. The Bertz CT molecular complexity index is 410. The minimum absolute atomic E-state index is 0.176. The number of rotatable bonds is 2. The summed E-state index contributed by atoms with van der Waals surface area (Å²) in [5.41, 5.74) is 8.82. The average Bonchev–Trinajstić information content (AvgIpc) is 3.09. The highest BCUT2D eigenvalue weighted by Crippen LogP contribution is 2.52. The van der Waals surface area contributed by atoms with Gasteiger partial charge in [0, 0.05) is 17.0 Å². The summed E-state index contributed by atoms with van der Waals surface area (Å²) in [4.78, 5) is 0. The van der Waals surface area contributed by atoms with Crippen molar-refractivity contribution in [2.24, 2.45) is 5.73 Å². The first kappa shape index (κ1) is 10.1. The summed E-state index contributed by atoms with van der Waals surface area (Å²) < 4.78 is 10.9. The Kier molecular flexibility index (Phi) is 2.19. The van der Waals surface area contributed by atoms with Crippen LogP contribution in [0.4, 0.5) is 0 Å². The van der Waals surface area contributed by atoms with E-state index in [0.717, 1.165) is 5.75 Å². The molecule has 0 spiro atoms. The molecule has 1 heterocycles. The summed E-state index contributed by atoms with van der Waals surface area (Å²) >= 11 is 0. The molecule has 1 aliphatic carbocycles. The van der Waals surface area contributed by atoms with E-state index in [1.54, 1.807) is 0 Å². The highest BCUT2D eigenvalue weighted by molar-refractivity contribution is 5.47. The molecule has 1 aromatic carbocycles. The second-order valence-corrected chi connectivity index (χ2v) is 4.84. The van der Waals surface area contributed by atoms with Crippen molar-refractivity contribution in [1.82, 2.24) is 0 Å². The van der Waals surface area contributed by atoms with E-state index in [0.29, 0.717) is 13.4 Å². The van der Waals surface area contributed by atoms with E-state index >= 15 is 0 Å². The first-order chi connectivity index (χ1) is 7.74. The summed E-state index contributed by atoms with van der Waals surface area (Å²) in [6.45, 7) is 3.11. The Labute approximate surface area is 95.5 Å². The third kappa shape index (κ3) is 1.35. The second kappa shape index (κ2) is 3.47. The number of fused-ring (bicyclic) bond motifs is 1. The Balaban J connectivity index is 2.08. The van der Waals surface area contributed by atoms with Crippen LogP contribution in [-0.2, 0) is 16.8 Å². The molecule has 1 fully saturated rings. The van der Waals surface area contributed by atoms with Crippen LogP contribution >= 0.6 is 0 Å². The first-order valence-corrected chi connectivity index (χ1v) is 5.82. The van der Waals surface area contributed by atoms with Gasteiger partial charge in [0.05, 0.1) is 6.61 Å². The van der Waals surface area contributed by atoms with E-state index in [9.17, 15) is 0 Å². The molecule has 1 unspecified atom stereocenters. The zero-order valence-corrected chi connectivity index (χ0v) is 9.53. The number of nitrogens with two attached hydrogens (primary N) is 1. The zero-order valence-electron chi connectivity index (χ0n) is 9.53. The molecule has 2 aliphatic rings. The van der Waals surface area contributed by atoms with Gasteiger partial charge in [-0.3, -0.25) is 0 Å². The lowest BCUT2D eigenvalue weighted by Crippen LogP contribution is -2.33. The molecule has 16 heavy (non-hydrogen) atoms. The normalized spacial score (nSPS) is 23.1. The van der Waals surface area contributed by atoms with Crippen molar-refractivity contribution in [3.05, 3.63) is 29.3 Å². The molecule has 0 bridgehead atoms. The summed E-state index contributed by atoms with van der Waals surface area (Å²) in [5.74, 6) is 0.968. The Hall–Kier alpha value is -1.06. The monoisotopic (exact) mass is 219 g/mol. The average molecular weight is 219 g/mol. The van der Waals surface area contributed by atoms with Gasteiger partial charge in [0.1, 0.15) is 5.75 Å². The van der Waals surface area contributed by atoms with Crippen molar-refractivity contribution in [2.45, 2.75) is 37.8 Å². The van der Waals surface area contributed by atoms with E-state index in [1.807, 2.05) is 6.07 Å². The van der Waals surface area contributed by atoms with Gasteiger partial charge < -0.3 is 15.2 Å². The predicted octanol–water partition coefficient (Wildman–Crippen LogP) is 1.93. The van der Waals surface area contributed by atoms with Crippen LogP contribution in [0.2, 0.25) is 0 Å². The molecule has 3 rings (SSSR count). The van der Waals surface area contributed by atoms with Crippen molar-refractivity contribution in [3.63, 3.8) is 0 Å². The van der Waals surface area contributed by atoms with Gasteiger partial charge in [-0.1, -0.05) is 12.1 Å². The lowest BCUT2D eigenvalue weighted by Gasteiger charge is -2.27. The topological polar surface area (TPSA) is 44.5 Å². The van der Waals surface area contributed by atoms with Crippen LogP contribution in [0.15, 0.2) is 18.2 Å². The minimum atomic E-state index is 0.176. The van der Waals surface area contributed by atoms with Crippen molar-refractivity contribution in [1.29, 1.82) is 0 Å². The SMILES string of the molecule is CC(N)C1(c2cccc3c2COCO3)CC1. The highest BCUT2D eigenvalue weighted by atomic mass is 16.7. The molecule has 0 aromatic heterocycles. The molecule has 0 amide bonds. The molecular weight excluding hydrogens is 202 g/mol. The maximum atomic E-state index is 6.12. The number of hydrogen-bond acceptors (Lipinski definition) is 3. The van der Waals surface area contributed by atoms with Gasteiger partial charge in [-0.25, -0.2) is 0 Å². The molecule has 1 saturated carbocycles. The lowest BCUT2D eigenvalue weighted by molar-refractivity contribution is -0.0171. The molecule has 86 valence electrons. The van der Waals surface area contributed by atoms with Gasteiger partial charge in [-0.05, 0) is 31.4 Å². The first-order valence-electron chi connectivity index (χ1n) is 5.82. The third-order valence-electron chi connectivity index (χ3n) is 3.87. The molecular formula is C13H17NO2. The Morgan fingerprint density at radius 2 is 2.19 bits per heavy atom. The highest BCUT2D eigenvalue weighted by Gasteiger charge is 2.49. The maximum absolute atomic E-state index is 6.12. The van der Waals surface area contributed by atoms with Crippen LogP contribution in [0.3, 0.4) is 0 Å². The van der Waals surface area contributed by atoms with E-state index in [-0.39, 0.29) is 11.5 Å².